The quantitative estimate of drug-likeness (QED) is 0.564. The van der Waals surface area contributed by atoms with Gasteiger partial charge in [0.25, 0.3) is 0 Å². The van der Waals surface area contributed by atoms with E-state index in [1.54, 1.807) is 0 Å². The number of nitrogens with zero attached hydrogens (tertiary/aromatic N) is 1. The van der Waals surface area contributed by atoms with Crippen molar-refractivity contribution in [2.45, 2.75) is 20.8 Å². The molecule has 16 heavy (non-hydrogen) atoms. The SMILES string of the molecule is Cc1cc(C(=N)N)c2nc(C)cc(C)c2c1. The van der Waals surface area contributed by atoms with Gasteiger partial charge >= 0.3 is 0 Å². The molecular formula is C13H15N3. The molecular weight excluding hydrogens is 198 g/mol. The summed E-state index contributed by atoms with van der Waals surface area (Å²) in [5.41, 5.74) is 10.4. The summed E-state index contributed by atoms with van der Waals surface area (Å²) in [6.45, 7) is 6.02. The number of aryl methyl sites for hydroxylation is 3. The Morgan fingerprint density at radius 1 is 1.19 bits per heavy atom. The second-order valence-electron chi connectivity index (χ2n) is 4.20. The van der Waals surface area contributed by atoms with Crippen molar-refractivity contribution >= 4 is 16.7 Å². The molecule has 1 aromatic heterocycles. The number of nitrogens with one attached hydrogen (secondary N) is 1. The molecule has 3 N–H and O–H groups in total. The molecule has 0 fully saturated rings. The number of nitrogens with two attached hydrogens (primary N) is 1. The third-order valence-electron chi connectivity index (χ3n) is 2.68. The first-order valence-electron chi connectivity index (χ1n) is 5.22. The zero-order chi connectivity index (χ0) is 11.9. The van der Waals surface area contributed by atoms with Crippen LogP contribution in [0.25, 0.3) is 10.9 Å². The molecule has 0 bridgehead atoms. The summed E-state index contributed by atoms with van der Waals surface area (Å²) in [6.07, 6.45) is 0. The van der Waals surface area contributed by atoms with Crippen molar-refractivity contribution < 1.29 is 0 Å². The second-order valence-corrected chi connectivity index (χ2v) is 4.20. The lowest BCUT2D eigenvalue weighted by molar-refractivity contribution is 1.22. The van der Waals surface area contributed by atoms with Gasteiger partial charge in [0.15, 0.2) is 0 Å². The Kier molecular flexibility index (Phi) is 2.38. The average molecular weight is 213 g/mol. The third kappa shape index (κ3) is 1.65. The smallest absolute Gasteiger partial charge is 0.125 e. The van der Waals surface area contributed by atoms with Gasteiger partial charge in [0, 0.05) is 16.6 Å². The Labute approximate surface area is 94.8 Å². The van der Waals surface area contributed by atoms with Crippen molar-refractivity contribution in [1.29, 1.82) is 5.41 Å². The van der Waals surface area contributed by atoms with Crippen molar-refractivity contribution in [3.8, 4) is 0 Å². The minimum absolute atomic E-state index is 0.0752. The van der Waals surface area contributed by atoms with Crippen LogP contribution in [0.3, 0.4) is 0 Å². The number of hydrogen-bond acceptors (Lipinski definition) is 2. The number of pyridine rings is 1. The van der Waals surface area contributed by atoms with E-state index in [1.807, 2.05) is 26.0 Å². The number of fused-ring (bicyclic) bond motifs is 1. The second kappa shape index (κ2) is 3.59. The molecule has 0 amide bonds. The van der Waals surface area contributed by atoms with Crippen LogP contribution in [-0.2, 0) is 0 Å². The van der Waals surface area contributed by atoms with Gasteiger partial charge in [0.05, 0.1) is 5.52 Å². The Balaban J connectivity index is 2.95. The van der Waals surface area contributed by atoms with Crippen LogP contribution in [0.5, 0.6) is 0 Å². The topological polar surface area (TPSA) is 62.8 Å². The largest absolute Gasteiger partial charge is 0.384 e. The van der Waals surface area contributed by atoms with Crippen molar-refractivity contribution in [2.75, 3.05) is 0 Å². The van der Waals surface area contributed by atoms with E-state index in [1.165, 1.54) is 5.56 Å². The lowest BCUT2D eigenvalue weighted by Gasteiger charge is -2.09. The van der Waals surface area contributed by atoms with Crippen molar-refractivity contribution in [3.63, 3.8) is 0 Å². The fourth-order valence-electron chi connectivity index (χ4n) is 2.00. The van der Waals surface area contributed by atoms with E-state index in [2.05, 4.69) is 18.0 Å². The number of amidine groups is 1. The molecule has 3 nitrogen and oxygen atoms in total. The van der Waals surface area contributed by atoms with Gasteiger partial charge in [-0.25, -0.2) is 0 Å². The van der Waals surface area contributed by atoms with Gasteiger partial charge < -0.3 is 5.73 Å². The monoisotopic (exact) mass is 213 g/mol. The standard InChI is InChI=1S/C13H15N3/c1-7-4-10-8(2)6-9(3)16-12(10)11(5-7)13(14)15/h4-6H,1-3H3,(H3,14,15). The van der Waals surface area contributed by atoms with Gasteiger partial charge in [-0.2, -0.15) is 0 Å². The maximum Gasteiger partial charge on any atom is 0.125 e. The van der Waals surface area contributed by atoms with Crippen molar-refractivity contribution in [3.05, 3.63) is 40.6 Å². The minimum atomic E-state index is 0.0752. The lowest BCUT2D eigenvalue weighted by Crippen LogP contribution is -2.12. The molecule has 82 valence electrons. The highest BCUT2D eigenvalue weighted by atomic mass is 14.7. The molecule has 2 rings (SSSR count). The van der Waals surface area contributed by atoms with Crippen LogP contribution in [0.1, 0.15) is 22.4 Å². The summed E-state index contributed by atoms with van der Waals surface area (Å²) in [6, 6.07) is 6.05. The van der Waals surface area contributed by atoms with Gasteiger partial charge in [0.1, 0.15) is 5.84 Å². The predicted octanol–water partition coefficient (Wildman–Crippen LogP) is 2.44. The summed E-state index contributed by atoms with van der Waals surface area (Å²) < 4.78 is 0. The number of hydrogen-bond donors (Lipinski definition) is 2. The van der Waals surface area contributed by atoms with Crippen molar-refractivity contribution in [1.82, 2.24) is 4.98 Å². The van der Waals surface area contributed by atoms with E-state index in [0.717, 1.165) is 27.7 Å². The number of nitrogen functional groups attached to an aromatic ring is 1. The highest BCUT2D eigenvalue weighted by Crippen LogP contribution is 2.22. The van der Waals surface area contributed by atoms with Crippen LogP contribution in [0.15, 0.2) is 18.2 Å². The molecule has 0 saturated carbocycles. The molecule has 0 aliphatic rings. The summed E-state index contributed by atoms with van der Waals surface area (Å²) in [4.78, 5) is 4.48. The highest BCUT2D eigenvalue weighted by molar-refractivity contribution is 6.07. The maximum absolute atomic E-state index is 7.59. The first kappa shape index (κ1) is 10.6. The number of benzene rings is 1. The minimum Gasteiger partial charge on any atom is -0.384 e. The highest BCUT2D eigenvalue weighted by Gasteiger charge is 2.09. The van der Waals surface area contributed by atoms with Crippen LogP contribution in [-0.4, -0.2) is 10.8 Å². The third-order valence-corrected chi connectivity index (χ3v) is 2.68. The van der Waals surface area contributed by atoms with Crippen LogP contribution in [0.2, 0.25) is 0 Å². The predicted molar refractivity (Wildman–Crippen MR) is 67.0 cm³/mol. The molecule has 2 aromatic rings. The summed E-state index contributed by atoms with van der Waals surface area (Å²) in [5, 5.41) is 8.67. The Hall–Kier alpha value is -1.90. The zero-order valence-corrected chi connectivity index (χ0v) is 9.76. The Morgan fingerprint density at radius 3 is 2.50 bits per heavy atom. The first-order valence-corrected chi connectivity index (χ1v) is 5.22. The molecule has 0 aliphatic carbocycles. The normalized spacial score (nSPS) is 10.7. The molecule has 0 saturated heterocycles. The van der Waals surface area contributed by atoms with E-state index >= 15 is 0 Å². The van der Waals surface area contributed by atoms with Crippen LogP contribution in [0.4, 0.5) is 0 Å². The number of rotatable bonds is 1. The van der Waals surface area contributed by atoms with Crippen LogP contribution < -0.4 is 5.73 Å². The van der Waals surface area contributed by atoms with Gasteiger partial charge in [-0.15, -0.1) is 0 Å². The molecule has 0 aliphatic heterocycles. The molecule has 0 atom stereocenters. The molecule has 0 radical (unpaired) electrons. The summed E-state index contributed by atoms with van der Waals surface area (Å²) in [5.74, 6) is 0.0752. The van der Waals surface area contributed by atoms with E-state index in [-0.39, 0.29) is 5.84 Å². The molecule has 0 spiro atoms. The molecule has 3 heteroatoms. The van der Waals surface area contributed by atoms with E-state index in [9.17, 15) is 0 Å². The summed E-state index contributed by atoms with van der Waals surface area (Å²) >= 11 is 0. The lowest BCUT2D eigenvalue weighted by atomic mass is 10.0. The van der Waals surface area contributed by atoms with Crippen molar-refractivity contribution in [2.24, 2.45) is 5.73 Å². The van der Waals surface area contributed by atoms with Gasteiger partial charge in [-0.05, 0) is 50.1 Å². The Bertz CT molecular complexity index is 585. The average Bonchev–Trinajstić information content (AvgIpc) is 2.18. The van der Waals surface area contributed by atoms with E-state index < -0.39 is 0 Å². The molecule has 1 aromatic carbocycles. The number of aromatic nitrogens is 1. The van der Waals surface area contributed by atoms with Gasteiger partial charge in [-0.3, -0.25) is 10.4 Å². The molecule has 1 heterocycles. The first-order chi connectivity index (χ1) is 7.49. The fraction of sp³-hybridized carbons (Fsp3) is 0.231. The van der Waals surface area contributed by atoms with E-state index in [0.29, 0.717) is 0 Å². The van der Waals surface area contributed by atoms with Gasteiger partial charge in [0.2, 0.25) is 0 Å². The molecule has 0 unspecified atom stereocenters. The van der Waals surface area contributed by atoms with E-state index in [4.69, 9.17) is 11.1 Å². The Morgan fingerprint density at radius 2 is 1.88 bits per heavy atom. The fourth-order valence-corrected chi connectivity index (χ4v) is 2.00. The maximum atomic E-state index is 7.59. The van der Waals surface area contributed by atoms with Crippen LogP contribution in [0, 0.1) is 26.2 Å². The van der Waals surface area contributed by atoms with Gasteiger partial charge in [-0.1, -0.05) is 0 Å². The van der Waals surface area contributed by atoms with Crippen LogP contribution >= 0.6 is 0 Å². The zero-order valence-electron chi connectivity index (χ0n) is 9.76. The summed E-state index contributed by atoms with van der Waals surface area (Å²) in [7, 11) is 0.